The molecular formula is C13H12N2Pb. The fourth-order valence-electron chi connectivity index (χ4n) is 2.19. The summed E-state index contributed by atoms with van der Waals surface area (Å²) in [5.74, 6) is 0. The largest absolute Gasteiger partial charge is 0.306 e. The summed E-state index contributed by atoms with van der Waals surface area (Å²) in [4.78, 5) is 0. The molecule has 0 bridgehead atoms. The second-order valence-corrected chi connectivity index (χ2v) is 4.02. The van der Waals surface area contributed by atoms with Gasteiger partial charge < -0.3 is 11.5 Å². The molecule has 3 heteroatoms. The molecule has 16 heavy (non-hydrogen) atoms. The van der Waals surface area contributed by atoms with E-state index >= 15 is 0 Å². The number of benzene rings is 2. The molecular weight excluding hydrogens is 391 g/mol. The van der Waals surface area contributed by atoms with Crippen LogP contribution in [-0.2, 0) is 5.66 Å². The van der Waals surface area contributed by atoms with E-state index in [1.54, 1.807) is 0 Å². The van der Waals surface area contributed by atoms with Gasteiger partial charge in [0.1, 0.15) is 5.66 Å². The van der Waals surface area contributed by atoms with Gasteiger partial charge in [-0.05, 0) is 28.0 Å². The Morgan fingerprint density at radius 1 is 0.938 bits per heavy atom. The first-order valence-electron chi connectivity index (χ1n) is 4.98. The normalized spacial score (nSPS) is 15.9. The topological polar surface area (TPSA) is 52.0 Å². The zero-order valence-corrected chi connectivity index (χ0v) is 12.7. The molecule has 2 nitrogen and oxygen atoms in total. The van der Waals surface area contributed by atoms with Crippen molar-refractivity contribution in [1.29, 1.82) is 0 Å². The van der Waals surface area contributed by atoms with E-state index in [0.717, 1.165) is 5.56 Å². The minimum absolute atomic E-state index is 0. The number of nitrogens with two attached hydrogens (primary N) is 2. The van der Waals surface area contributed by atoms with E-state index < -0.39 is 5.66 Å². The maximum Gasteiger partial charge on any atom is 0.110 e. The molecule has 4 radical (unpaired) electrons. The first kappa shape index (κ1) is 11.8. The Bertz CT molecular complexity index is 568. The molecule has 78 valence electrons. The SMILES string of the molecule is NC1(N)C=Cc2cccc3cccc1c23.[Pb]. The Labute approximate surface area is 114 Å². The zero-order valence-electron chi connectivity index (χ0n) is 8.77. The third kappa shape index (κ3) is 1.61. The van der Waals surface area contributed by atoms with Gasteiger partial charge in [-0.15, -0.1) is 0 Å². The van der Waals surface area contributed by atoms with Gasteiger partial charge in [-0.25, -0.2) is 0 Å². The van der Waals surface area contributed by atoms with Crippen molar-refractivity contribution in [3.8, 4) is 0 Å². The molecule has 0 saturated carbocycles. The van der Waals surface area contributed by atoms with E-state index in [0.29, 0.717) is 0 Å². The van der Waals surface area contributed by atoms with Crippen molar-refractivity contribution in [3.63, 3.8) is 0 Å². The Hall–Kier alpha value is -0.718. The zero-order chi connectivity index (χ0) is 10.5. The van der Waals surface area contributed by atoms with E-state index in [-0.39, 0.29) is 27.3 Å². The molecule has 0 saturated heterocycles. The van der Waals surface area contributed by atoms with Gasteiger partial charge in [0.05, 0.1) is 0 Å². The van der Waals surface area contributed by atoms with Crippen molar-refractivity contribution in [2.24, 2.45) is 11.5 Å². The van der Waals surface area contributed by atoms with Gasteiger partial charge in [-0.3, -0.25) is 0 Å². The van der Waals surface area contributed by atoms with Crippen molar-refractivity contribution < 1.29 is 0 Å². The second-order valence-electron chi connectivity index (χ2n) is 4.02. The van der Waals surface area contributed by atoms with Crippen LogP contribution in [0.25, 0.3) is 16.8 Å². The molecule has 1 aliphatic rings. The van der Waals surface area contributed by atoms with Gasteiger partial charge in [0, 0.05) is 27.3 Å². The van der Waals surface area contributed by atoms with E-state index in [4.69, 9.17) is 11.5 Å². The number of hydrogen-bond acceptors (Lipinski definition) is 2. The van der Waals surface area contributed by atoms with Crippen LogP contribution in [0.3, 0.4) is 0 Å². The van der Waals surface area contributed by atoms with Crippen LogP contribution in [0.15, 0.2) is 42.5 Å². The van der Waals surface area contributed by atoms with Gasteiger partial charge in [0.25, 0.3) is 0 Å². The van der Waals surface area contributed by atoms with E-state index in [1.807, 2.05) is 30.4 Å². The van der Waals surface area contributed by atoms with Crippen molar-refractivity contribution in [2.75, 3.05) is 0 Å². The summed E-state index contributed by atoms with van der Waals surface area (Å²) >= 11 is 0. The first-order chi connectivity index (χ1) is 7.18. The average Bonchev–Trinajstić information content (AvgIpc) is 2.24. The molecule has 3 rings (SSSR count). The van der Waals surface area contributed by atoms with Crippen LogP contribution in [0, 0.1) is 0 Å². The van der Waals surface area contributed by atoms with E-state index in [9.17, 15) is 0 Å². The molecule has 0 aromatic heterocycles. The van der Waals surface area contributed by atoms with Crippen molar-refractivity contribution in [1.82, 2.24) is 0 Å². The fourth-order valence-corrected chi connectivity index (χ4v) is 2.19. The summed E-state index contributed by atoms with van der Waals surface area (Å²) in [6.07, 6.45) is 3.85. The summed E-state index contributed by atoms with van der Waals surface area (Å²) < 4.78 is 0. The Morgan fingerprint density at radius 3 is 2.38 bits per heavy atom. The predicted octanol–water partition coefficient (Wildman–Crippen LogP) is 1.56. The summed E-state index contributed by atoms with van der Waals surface area (Å²) in [5.41, 5.74) is 13.4. The van der Waals surface area contributed by atoms with Crippen LogP contribution < -0.4 is 11.5 Å². The Balaban J connectivity index is 0.000000963. The summed E-state index contributed by atoms with van der Waals surface area (Å²) in [6, 6.07) is 12.3. The summed E-state index contributed by atoms with van der Waals surface area (Å²) in [7, 11) is 0. The van der Waals surface area contributed by atoms with E-state index in [2.05, 4.69) is 18.2 Å². The van der Waals surface area contributed by atoms with Gasteiger partial charge in [-0.2, -0.15) is 0 Å². The standard InChI is InChI=1S/C13H12N2.Pb/c14-13(15)8-7-10-4-1-3-9-5-2-6-11(13)12(9)10;/h1-8H,14-15H2;. The van der Waals surface area contributed by atoms with Crippen LogP contribution in [0.2, 0.25) is 0 Å². The van der Waals surface area contributed by atoms with Crippen LogP contribution >= 0.6 is 0 Å². The molecule has 0 aliphatic heterocycles. The van der Waals surface area contributed by atoms with Gasteiger partial charge in [0.2, 0.25) is 0 Å². The molecule has 0 heterocycles. The first-order valence-corrected chi connectivity index (χ1v) is 4.98. The van der Waals surface area contributed by atoms with Gasteiger partial charge >= 0.3 is 0 Å². The monoisotopic (exact) mass is 404 g/mol. The van der Waals surface area contributed by atoms with E-state index in [1.165, 1.54) is 16.3 Å². The summed E-state index contributed by atoms with van der Waals surface area (Å²) in [6.45, 7) is 0. The fraction of sp³-hybridized carbons (Fsp3) is 0.0769. The summed E-state index contributed by atoms with van der Waals surface area (Å²) in [5, 5.41) is 2.36. The Kier molecular flexibility index (Phi) is 2.90. The molecule has 1 aliphatic carbocycles. The maximum atomic E-state index is 6.04. The number of rotatable bonds is 0. The second kappa shape index (κ2) is 3.94. The smallest absolute Gasteiger partial charge is 0.110 e. The molecule has 0 atom stereocenters. The molecule has 0 fully saturated rings. The molecule has 0 spiro atoms. The van der Waals surface area contributed by atoms with Crippen molar-refractivity contribution in [2.45, 2.75) is 5.66 Å². The van der Waals surface area contributed by atoms with Crippen molar-refractivity contribution in [3.05, 3.63) is 53.6 Å². The average molecular weight is 403 g/mol. The van der Waals surface area contributed by atoms with Crippen LogP contribution in [0.1, 0.15) is 11.1 Å². The minimum atomic E-state index is -0.839. The van der Waals surface area contributed by atoms with Crippen LogP contribution in [-0.4, -0.2) is 27.3 Å². The Morgan fingerprint density at radius 2 is 1.62 bits per heavy atom. The molecule has 2 aromatic rings. The minimum Gasteiger partial charge on any atom is -0.306 e. The molecule has 4 N–H and O–H groups in total. The number of hydrogen-bond donors (Lipinski definition) is 2. The van der Waals surface area contributed by atoms with Crippen LogP contribution in [0.5, 0.6) is 0 Å². The third-order valence-electron chi connectivity index (χ3n) is 2.94. The predicted molar refractivity (Wildman–Crippen MR) is 68.8 cm³/mol. The molecule has 2 aromatic carbocycles. The third-order valence-corrected chi connectivity index (χ3v) is 2.94. The quantitative estimate of drug-likeness (QED) is 0.518. The van der Waals surface area contributed by atoms with Crippen molar-refractivity contribution >= 4 is 44.1 Å². The van der Waals surface area contributed by atoms with Gasteiger partial charge in [-0.1, -0.05) is 42.5 Å². The maximum absolute atomic E-state index is 6.04. The molecule has 0 unspecified atom stereocenters. The van der Waals surface area contributed by atoms with Crippen LogP contribution in [0.4, 0.5) is 0 Å². The van der Waals surface area contributed by atoms with Gasteiger partial charge in [0.15, 0.2) is 0 Å². The molecule has 0 amide bonds.